The van der Waals surface area contributed by atoms with Gasteiger partial charge in [-0.05, 0) is 31.0 Å². The summed E-state index contributed by atoms with van der Waals surface area (Å²) >= 11 is 0. The number of nitrogens with zero attached hydrogens (tertiary/aromatic N) is 2. The average molecular weight is 260 g/mol. The zero-order valence-electron chi connectivity index (χ0n) is 11.7. The molecule has 1 aromatic rings. The Kier molecular flexibility index (Phi) is 3.58. The Bertz CT molecular complexity index is 413. The maximum absolute atomic E-state index is 6.09. The van der Waals surface area contributed by atoms with Crippen molar-refractivity contribution in [2.24, 2.45) is 5.73 Å². The Labute approximate surface area is 115 Å². The van der Waals surface area contributed by atoms with Crippen molar-refractivity contribution in [1.82, 2.24) is 15.3 Å². The van der Waals surface area contributed by atoms with Gasteiger partial charge in [0.1, 0.15) is 0 Å². The molecule has 1 saturated heterocycles. The SMILES string of the molecule is CN1CCN(NC2(CN)Cc3ccccc3C2)CC1. The molecule has 0 atom stereocenters. The molecule has 1 fully saturated rings. The fraction of sp³-hybridized carbons (Fsp3) is 0.600. The van der Waals surface area contributed by atoms with Gasteiger partial charge >= 0.3 is 0 Å². The van der Waals surface area contributed by atoms with Gasteiger partial charge < -0.3 is 10.6 Å². The number of rotatable bonds is 3. The van der Waals surface area contributed by atoms with Crippen LogP contribution in [-0.4, -0.2) is 55.2 Å². The number of hydrogen-bond donors (Lipinski definition) is 2. The molecule has 0 saturated carbocycles. The minimum absolute atomic E-state index is 0.0274. The van der Waals surface area contributed by atoms with Crippen molar-refractivity contribution in [1.29, 1.82) is 0 Å². The van der Waals surface area contributed by atoms with E-state index >= 15 is 0 Å². The van der Waals surface area contributed by atoms with Gasteiger partial charge in [-0.25, -0.2) is 10.4 Å². The fourth-order valence-corrected chi connectivity index (χ4v) is 3.22. The van der Waals surface area contributed by atoms with Crippen LogP contribution in [-0.2, 0) is 12.8 Å². The van der Waals surface area contributed by atoms with Crippen LogP contribution in [0, 0.1) is 0 Å². The molecule has 3 rings (SSSR count). The van der Waals surface area contributed by atoms with Crippen molar-refractivity contribution in [3.05, 3.63) is 35.4 Å². The van der Waals surface area contributed by atoms with Crippen LogP contribution in [0.1, 0.15) is 11.1 Å². The van der Waals surface area contributed by atoms with E-state index in [1.165, 1.54) is 11.1 Å². The van der Waals surface area contributed by atoms with Gasteiger partial charge in [-0.3, -0.25) is 0 Å². The lowest BCUT2D eigenvalue weighted by Crippen LogP contribution is -2.62. The van der Waals surface area contributed by atoms with Crippen LogP contribution < -0.4 is 11.2 Å². The van der Waals surface area contributed by atoms with E-state index in [4.69, 9.17) is 5.73 Å². The highest BCUT2D eigenvalue weighted by Crippen LogP contribution is 2.29. The van der Waals surface area contributed by atoms with Crippen LogP contribution >= 0.6 is 0 Å². The van der Waals surface area contributed by atoms with Crippen LogP contribution in [0.25, 0.3) is 0 Å². The molecule has 0 bridgehead atoms. The molecule has 0 aromatic heterocycles. The summed E-state index contributed by atoms with van der Waals surface area (Å²) in [5.74, 6) is 0. The largest absolute Gasteiger partial charge is 0.329 e. The molecule has 0 unspecified atom stereocenters. The summed E-state index contributed by atoms with van der Waals surface area (Å²) in [7, 11) is 2.18. The Balaban J connectivity index is 1.69. The molecular weight excluding hydrogens is 236 g/mol. The summed E-state index contributed by atoms with van der Waals surface area (Å²) in [6.07, 6.45) is 2.10. The van der Waals surface area contributed by atoms with Gasteiger partial charge in [0.05, 0.1) is 5.54 Å². The second-order valence-electron chi connectivity index (χ2n) is 6.01. The highest BCUT2D eigenvalue weighted by Gasteiger charge is 2.37. The molecule has 1 aromatic carbocycles. The predicted octanol–water partition coefficient (Wildman–Crippen LogP) is 0.235. The number of likely N-dealkylation sites (N-methyl/N-ethyl adjacent to an activating group) is 1. The van der Waals surface area contributed by atoms with Crippen LogP contribution in [0.5, 0.6) is 0 Å². The van der Waals surface area contributed by atoms with Crippen molar-refractivity contribution >= 4 is 0 Å². The maximum Gasteiger partial charge on any atom is 0.0528 e. The molecule has 4 heteroatoms. The molecule has 4 nitrogen and oxygen atoms in total. The summed E-state index contributed by atoms with van der Waals surface area (Å²) in [6, 6.07) is 8.72. The van der Waals surface area contributed by atoms with Crippen LogP contribution in [0.3, 0.4) is 0 Å². The number of fused-ring (bicyclic) bond motifs is 1. The third-order valence-electron chi connectivity index (χ3n) is 4.47. The van der Waals surface area contributed by atoms with E-state index < -0.39 is 0 Å². The lowest BCUT2D eigenvalue weighted by atomic mass is 9.97. The van der Waals surface area contributed by atoms with E-state index in [1.807, 2.05) is 0 Å². The first-order chi connectivity index (χ1) is 9.21. The fourth-order valence-electron chi connectivity index (χ4n) is 3.22. The maximum atomic E-state index is 6.09. The van der Waals surface area contributed by atoms with Crippen molar-refractivity contribution in [2.75, 3.05) is 39.8 Å². The number of benzene rings is 1. The summed E-state index contributed by atoms with van der Waals surface area (Å²) in [5.41, 5.74) is 12.8. The quantitative estimate of drug-likeness (QED) is 0.817. The van der Waals surface area contributed by atoms with Gasteiger partial charge in [0.2, 0.25) is 0 Å². The second-order valence-corrected chi connectivity index (χ2v) is 6.01. The van der Waals surface area contributed by atoms with E-state index in [2.05, 4.69) is 46.6 Å². The lowest BCUT2D eigenvalue weighted by molar-refractivity contribution is 0.0578. The monoisotopic (exact) mass is 260 g/mol. The van der Waals surface area contributed by atoms with Crippen LogP contribution in [0.15, 0.2) is 24.3 Å². The number of piperazine rings is 1. The Morgan fingerprint density at radius 3 is 2.21 bits per heavy atom. The van der Waals surface area contributed by atoms with E-state index in [0.29, 0.717) is 6.54 Å². The summed E-state index contributed by atoms with van der Waals surface area (Å²) < 4.78 is 0. The van der Waals surface area contributed by atoms with E-state index in [0.717, 1.165) is 39.0 Å². The Morgan fingerprint density at radius 1 is 1.11 bits per heavy atom. The van der Waals surface area contributed by atoms with Gasteiger partial charge in [-0.1, -0.05) is 24.3 Å². The van der Waals surface area contributed by atoms with Gasteiger partial charge in [0.25, 0.3) is 0 Å². The first kappa shape index (κ1) is 13.1. The van der Waals surface area contributed by atoms with Crippen molar-refractivity contribution in [3.63, 3.8) is 0 Å². The normalized spacial score (nSPS) is 23.5. The van der Waals surface area contributed by atoms with E-state index in [1.54, 1.807) is 0 Å². The number of nitrogens with two attached hydrogens (primary N) is 1. The summed E-state index contributed by atoms with van der Waals surface area (Å²) in [4.78, 5) is 2.37. The third kappa shape index (κ3) is 2.67. The predicted molar refractivity (Wildman–Crippen MR) is 77.8 cm³/mol. The summed E-state index contributed by atoms with van der Waals surface area (Å²) in [5, 5.41) is 2.36. The second kappa shape index (κ2) is 5.21. The molecule has 3 N–H and O–H groups in total. The smallest absolute Gasteiger partial charge is 0.0528 e. The minimum Gasteiger partial charge on any atom is -0.329 e. The van der Waals surface area contributed by atoms with E-state index in [9.17, 15) is 0 Å². The van der Waals surface area contributed by atoms with Crippen molar-refractivity contribution < 1.29 is 0 Å². The molecular formula is C15H24N4. The van der Waals surface area contributed by atoms with Crippen LogP contribution in [0.4, 0.5) is 0 Å². The topological polar surface area (TPSA) is 44.5 Å². The Hall–Kier alpha value is -0.940. The first-order valence-electron chi connectivity index (χ1n) is 7.19. The third-order valence-corrected chi connectivity index (χ3v) is 4.47. The molecule has 2 aliphatic rings. The Morgan fingerprint density at radius 2 is 1.68 bits per heavy atom. The minimum atomic E-state index is 0.0274. The zero-order chi connectivity index (χ0) is 13.3. The molecule has 1 aliphatic heterocycles. The van der Waals surface area contributed by atoms with Crippen molar-refractivity contribution in [3.8, 4) is 0 Å². The molecule has 0 radical (unpaired) electrons. The average Bonchev–Trinajstić information content (AvgIpc) is 2.80. The lowest BCUT2D eigenvalue weighted by Gasteiger charge is -2.40. The van der Waals surface area contributed by atoms with Gasteiger partial charge in [0, 0.05) is 32.7 Å². The number of hydrogen-bond acceptors (Lipinski definition) is 4. The summed E-state index contributed by atoms with van der Waals surface area (Å²) in [6.45, 7) is 5.10. The highest BCUT2D eigenvalue weighted by molar-refractivity contribution is 5.36. The van der Waals surface area contributed by atoms with E-state index in [-0.39, 0.29) is 5.54 Å². The number of nitrogens with one attached hydrogen (secondary N) is 1. The van der Waals surface area contributed by atoms with Gasteiger partial charge in [0.15, 0.2) is 0 Å². The molecule has 1 heterocycles. The molecule has 1 aliphatic carbocycles. The highest BCUT2D eigenvalue weighted by atomic mass is 15.5. The zero-order valence-corrected chi connectivity index (χ0v) is 11.7. The van der Waals surface area contributed by atoms with Crippen molar-refractivity contribution in [2.45, 2.75) is 18.4 Å². The standard InChI is InChI=1S/C15H24N4/c1-18-6-8-19(9-7-18)17-15(12-16)10-13-4-2-3-5-14(13)11-15/h2-5,17H,6-12,16H2,1H3. The van der Waals surface area contributed by atoms with Gasteiger partial charge in [-0.15, -0.1) is 0 Å². The molecule has 19 heavy (non-hydrogen) atoms. The molecule has 104 valence electrons. The van der Waals surface area contributed by atoms with Gasteiger partial charge in [-0.2, -0.15) is 0 Å². The van der Waals surface area contributed by atoms with Crippen LogP contribution in [0.2, 0.25) is 0 Å². The number of hydrazine groups is 1. The molecule has 0 spiro atoms. The first-order valence-corrected chi connectivity index (χ1v) is 7.19. The molecule has 0 amide bonds.